The third-order valence-corrected chi connectivity index (χ3v) is 4.22. The summed E-state index contributed by atoms with van der Waals surface area (Å²) in [4.78, 5) is 12.5. The SMILES string of the molecule is CCc1cccc(CC)c1NC(=O)[C@H](C)Oc1cccc(Br)c1. The number of rotatable bonds is 6. The standard InChI is InChI=1S/C19H22BrNO2/c1-4-14-8-6-9-15(5-2)18(14)21-19(22)13(3)23-17-11-7-10-16(20)12-17/h6-13H,4-5H2,1-3H3,(H,21,22)/t13-/m0/s1. The third kappa shape index (κ3) is 4.58. The number of anilines is 1. The van der Waals surface area contributed by atoms with Gasteiger partial charge in [0.15, 0.2) is 6.10 Å². The van der Waals surface area contributed by atoms with Crippen molar-refractivity contribution in [1.82, 2.24) is 0 Å². The Morgan fingerprint density at radius 2 is 1.74 bits per heavy atom. The molecule has 0 aliphatic heterocycles. The van der Waals surface area contributed by atoms with Gasteiger partial charge in [0.2, 0.25) is 0 Å². The molecule has 3 nitrogen and oxygen atoms in total. The molecule has 0 aliphatic carbocycles. The van der Waals surface area contributed by atoms with Gasteiger partial charge in [-0.3, -0.25) is 4.79 Å². The van der Waals surface area contributed by atoms with E-state index in [1.165, 1.54) is 0 Å². The summed E-state index contributed by atoms with van der Waals surface area (Å²) in [6, 6.07) is 13.6. The molecular formula is C19H22BrNO2. The lowest BCUT2D eigenvalue weighted by Crippen LogP contribution is -2.30. The molecule has 1 N–H and O–H groups in total. The van der Waals surface area contributed by atoms with Gasteiger partial charge in [-0.15, -0.1) is 0 Å². The average Bonchev–Trinajstić information content (AvgIpc) is 2.54. The van der Waals surface area contributed by atoms with Crippen molar-refractivity contribution in [3.8, 4) is 5.75 Å². The summed E-state index contributed by atoms with van der Waals surface area (Å²) in [5, 5.41) is 3.04. The van der Waals surface area contributed by atoms with Crippen LogP contribution in [0.1, 0.15) is 31.9 Å². The molecule has 0 saturated heterocycles. The minimum atomic E-state index is -0.570. The van der Waals surface area contributed by atoms with Gasteiger partial charge in [0, 0.05) is 10.2 Å². The summed E-state index contributed by atoms with van der Waals surface area (Å²) in [6.45, 7) is 5.94. The highest BCUT2D eigenvalue weighted by Crippen LogP contribution is 2.24. The van der Waals surface area contributed by atoms with Crippen LogP contribution in [0.3, 0.4) is 0 Å². The number of aryl methyl sites for hydroxylation is 2. The second-order valence-electron chi connectivity index (χ2n) is 5.37. The van der Waals surface area contributed by atoms with Crippen LogP contribution in [0.4, 0.5) is 5.69 Å². The molecule has 0 radical (unpaired) electrons. The molecule has 4 heteroatoms. The highest BCUT2D eigenvalue weighted by atomic mass is 79.9. The van der Waals surface area contributed by atoms with Gasteiger partial charge < -0.3 is 10.1 Å². The number of nitrogens with one attached hydrogen (secondary N) is 1. The zero-order chi connectivity index (χ0) is 16.8. The minimum absolute atomic E-state index is 0.138. The number of hydrogen-bond donors (Lipinski definition) is 1. The van der Waals surface area contributed by atoms with Gasteiger partial charge in [0.1, 0.15) is 5.75 Å². The molecule has 0 bridgehead atoms. The maximum absolute atomic E-state index is 12.5. The Bertz CT molecular complexity index is 663. The molecule has 1 atom stereocenters. The number of para-hydroxylation sites is 1. The van der Waals surface area contributed by atoms with E-state index in [1.807, 2.05) is 30.3 Å². The van der Waals surface area contributed by atoms with Gasteiger partial charge in [0.25, 0.3) is 5.91 Å². The molecule has 0 unspecified atom stereocenters. The van der Waals surface area contributed by atoms with E-state index in [0.29, 0.717) is 5.75 Å². The Morgan fingerprint density at radius 3 is 2.30 bits per heavy atom. The highest BCUT2D eigenvalue weighted by Gasteiger charge is 2.17. The molecule has 2 aromatic carbocycles. The normalized spacial score (nSPS) is 11.8. The second kappa shape index (κ2) is 8.16. The first-order valence-electron chi connectivity index (χ1n) is 7.89. The lowest BCUT2D eigenvalue weighted by Gasteiger charge is -2.18. The molecule has 122 valence electrons. The quantitative estimate of drug-likeness (QED) is 0.772. The molecule has 0 heterocycles. The first-order valence-corrected chi connectivity index (χ1v) is 8.68. The highest BCUT2D eigenvalue weighted by molar-refractivity contribution is 9.10. The van der Waals surface area contributed by atoms with E-state index in [1.54, 1.807) is 6.92 Å². The molecule has 2 rings (SSSR count). The smallest absolute Gasteiger partial charge is 0.265 e. The Labute approximate surface area is 146 Å². The largest absolute Gasteiger partial charge is 0.481 e. The van der Waals surface area contributed by atoms with Crippen molar-refractivity contribution in [3.63, 3.8) is 0 Å². The number of ether oxygens (including phenoxy) is 1. The zero-order valence-electron chi connectivity index (χ0n) is 13.7. The number of benzene rings is 2. The molecule has 2 aromatic rings. The molecule has 0 spiro atoms. The Morgan fingerprint density at radius 1 is 1.13 bits per heavy atom. The first-order chi connectivity index (χ1) is 11.0. The molecule has 23 heavy (non-hydrogen) atoms. The lowest BCUT2D eigenvalue weighted by atomic mass is 10.0. The van der Waals surface area contributed by atoms with Crippen LogP contribution in [0.15, 0.2) is 46.9 Å². The van der Waals surface area contributed by atoms with E-state index in [-0.39, 0.29) is 5.91 Å². The van der Waals surface area contributed by atoms with Crippen LogP contribution in [0.5, 0.6) is 5.75 Å². The molecule has 0 aliphatic rings. The van der Waals surface area contributed by atoms with Crippen molar-refractivity contribution < 1.29 is 9.53 Å². The second-order valence-corrected chi connectivity index (χ2v) is 6.28. The van der Waals surface area contributed by atoms with Gasteiger partial charge in [-0.25, -0.2) is 0 Å². The predicted molar refractivity (Wildman–Crippen MR) is 98.1 cm³/mol. The summed E-state index contributed by atoms with van der Waals surface area (Å²) in [7, 11) is 0. The fourth-order valence-corrected chi connectivity index (χ4v) is 2.80. The van der Waals surface area contributed by atoms with Gasteiger partial charge >= 0.3 is 0 Å². The molecule has 1 amide bonds. The van der Waals surface area contributed by atoms with E-state index in [4.69, 9.17) is 4.74 Å². The first kappa shape index (κ1) is 17.5. The predicted octanol–water partition coefficient (Wildman–Crippen LogP) is 4.98. The van der Waals surface area contributed by atoms with Gasteiger partial charge in [-0.05, 0) is 49.1 Å². The summed E-state index contributed by atoms with van der Waals surface area (Å²) in [6.07, 6.45) is 1.19. The number of carbonyl (C=O) groups is 1. The van der Waals surface area contributed by atoms with Crippen molar-refractivity contribution >= 4 is 27.5 Å². The zero-order valence-corrected chi connectivity index (χ0v) is 15.3. The summed E-state index contributed by atoms with van der Waals surface area (Å²) >= 11 is 3.40. The Hall–Kier alpha value is -1.81. The summed E-state index contributed by atoms with van der Waals surface area (Å²) < 4.78 is 6.66. The minimum Gasteiger partial charge on any atom is -0.481 e. The van der Waals surface area contributed by atoms with Crippen LogP contribution >= 0.6 is 15.9 Å². The average molecular weight is 376 g/mol. The van der Waals surface area contributed by atoms with Crippen molar-refractivity contribution in [2.45, 2.75) is 39.7 Å². The van der Waals surface area contributed by atoms with E-state index >= 15 is 0 Å². The van der Waals surface area contributed by atoms with Crippen LogP contribution in [-0.2, 0) is 17.6 Å². The van der Waals surface area contributed by atoms with E-state index in [9.17, 15) is 4.79 Å². The van der Waals surface area contributed by atoms with Crippen LogP contribution in [0.2, 0.25) is 0 Å². The van der Waals surface area contributed by atoms with E-state index < -0.39 is 6.10 Å². The number of halogens is 1. The topological polar surface area (TPSA) is 38.3 Å². The maximum atomic E-state index is 12.5. The third-order valence-electron chi connectivity index (χ3n) is 3.73. The van der Waals surface area contributed by atoms with E-state index in [0.717, 1.165) is 34.1 Å². The van der Waals surface area contributed by atoms with Crippen LogP contribution in [-0.4, -0.2) is 12.0 Å². The van der Waals surface area contributed by atoms with Crippen LogP contribution < -0.4 is 10.1 Å². The molecule has 0 fully saturated rings. The molecule has 0 saturated carbocycles. The number of hydrogen-bond acceptors (Lipinski definition) is 2. The molecule has 0 aromatic heterocycles. The van der Waals surface area contributed by atoms with Crippen molar-refractivity contribution in [2.75, 3.05) is 5.32 Å². The van der Waals surface area contributed by atoms with Crippen molar-refractivity contribution in [3.05, 3.63) is 58.1 Å². The van der Waals surface area contributed by atoms with Crippen LogP contribution in [0.25, 0.3) is 0 Å². The van der Waals surface area contributed by atoms with Crippen molar-refractivity contribution in [1.29, 1.82) is 0 Å². The van der Waals surface area contributed by atoms with Gasteiger partial charge in [0.05, 0.1) is 0 Å². The molecular weight excluding hydrogens is 354 g/mol. The van der Waals surface area contributed by atoms with Crippen LogP contribution in [0, 0.1) is 0 Å². The van der Waals surface area contributed by atoms with E-state index in [2.05, 4.69) is 47.2 Å². The number of carbonyl (C=O) groups excluding carboxylic acids is 1. The monoisotopic (exact) mass is 375 g/mol. The maximum Gasteiger partial charge on any atom is 0.265 e. The van der Waals surface area contributed by atoms with Gasteiger partial charge in [-0.1, -0.05) is 54.0 Å². The lowest BCUT2D eigenvalue weighted by molar-refractivity contribution is -0.122. The fraction of sp³-hybridized carbons (Fsp3) is 0.316. The Kier molecular flexibility index (Phi) is 6.22. The van der Waals surface area contributed by atoms with Crippen molar-refractivity contribution in [2.24, 2.45) is 0 Å². The number of amides is 1. The summed E-state index contributed by atoms with van der Waals surface area (Å²) in [5.74, 6) is 0.530. The fourth-order valence-electron chi connectivity index (χ4n) is 2.43. The van der Waals surface area contributed by atoms with Gasteiger partial charge in [-0.2, -0.15) is 0 Å². The summed E-state index contributed by atoms with van der Waals surface area (Å²) in [5.41, 5.74) is 3.21. The Balaban J connectivity index is 2.12.